The lowest BCUT2D eigenvalue weighted by atomic mass is 10.00. The summed E-state index contributed by atoms with van der Waals surface area (Å²) in [5, 5.41) is 14.1. The summed E-state index contributed by atoms with van der Waals surface area (Å²) >= 11 is 0. The number of nitrogens with zero attached hydrogens (tertiary/aromatic N) is 6. The molecule has 8 rings (SSSR count). The highest BCUT2D eigenvalue weighted by molar-refractivity contribution is 6.08. The van der Waals surface area contributed by atoms with E-state index in [9.17, 15) is 19.2 Å². The quantitative estimate of drug-likeness (QED) is 0.111. The second-order valence-electron chi connectivity index (χ2n) is 17.1. The van der Waals surface area contributed by atoms with E-state index < -0.39 is 0 Å². The fraction of sp³-hybridized carbons (Fsp3) is 0.447. The van der Waals surface area contributed by atoms with Gasteiger partial charge in [0.2, 0.25) is 11.8 Å². The van der Waals surface area contributed by atoms with Crippen molar-refractivity contribution in [1.82, 2.24) is 40.2 Å². The summed E-state index contributed by atoms with van der Waals surface area (Å²) in [5.74, 6) is 0.240. The molecule has 1 atom stereocenters. The van der Waals surface area contributed by atoms with E-state index in [1.165, 1.54) is 5.56 Å². The third kappa shape index (κ3) is 9.55. The predicted molar refractivity (Wildman–Crippen MR) is 239 cm³/mol. The molecule has 61 heavy (non-hydrogen) atoms. The molecule has 2 aromatic carbocycles. The Kier molecular flexibility index (Phi) is 12.6. The number of hydrogen-bond acceptors (Lipinski definition) is 10. The Hall–Kier alpha value is -5.86. The van der Waals surface area contributed by atoms with Crippen LogP contribution >= 0.6 is 0 Å². The fourth-order valence-electron chi connectivity index (χ4n) is 9.15. The number of benzene rings is 2. The SMILES string of the molecule is CCCc1cc(C)[nH]c(=O)c1CNC(=O)c1cc(-c2ccc(N3CCN(C4CCN(Cc5ccc(NC6CCC(=O)NC6=O)cc5)CC4)CC3)nc2)cc2c1cnn2C(C)C. The largest absolute Gasteiger partial charge is 0.374 e. The lowest BCUT2D eigenvalue weighted by molar-refractivity contribution is -0.133. The maximum atomic E-state index is 13.9. The molecule has 0 spiro atoms. The van der Waals surface area contributed by atoms with Gasteiger partial charge in [-0.3, -0.25) is 39.0 Å². The zero-order valence-electron chi connectivity index (χ0n) is 35.8. The van der Waals surface area contributed by atoms with E-state index in [1.807, 2.05) is 42.1 Å². The first kappa shape index (κ1) is 41.9. The number of rotatable bonds is 13. The lowest BCUT2D eigenvalue weighted by Crippen LogP contribution is -2.53. The number of aryl methyl sites for hydroxylation is 2. The smallest absolute Gasteiger partial charge is 0.253 e. The van der Waals surface area contributed by atoms with Crippen molar-refractivity contribution >= 4 is 40.1 Å². The minimum atomic E-state index is -0.378. The van der Waals surface area contributed by atoms with Crippen molar-refractivity contribution in [3.63, 3.8) is 0 Å². The van der Waals surface area contributed by atoms with Gasteiger partial charge in [-0.25, -0.2) is 4.98 Å². The molecule has 0 bridgehead atoms. The van der Waals surface area contributed by atoms with Crippen LogP contribution in [0.5, 0.6) is 0 Å². The first-order valence-corrected chi connectivity index (χ1v) is 21.9. The monoisotopic (exact) mass is 826 g/mol. The molecule has 14 heteroatoms. The van der Waals surface area contributed by atoms with Gasteiger partial charge in [-0.2, -0.15) is 5.10 Å². The highest BCUT2D eigenvalue weighted by Crippen LogP contribution is 2.31. The maximum absolute atomic E-state index is 13.9. The van der Waals surface area contributed by atoms with Gasteiger partial charge in [0, 0.05) is 91.9 Å². The molecule has 0 saturated carbocycles. The molecule has 1 unspecified atom stereocenters. The number of anilines is 2. The molecule has 320 valence electrons. The number of fused-ring (bicyclic) bond motifs is 1. The van der Waals surface area contributed by atoms with Gasteiger partial charge in [-0.05, 0) is 119 Å². The molecule has 4 N–H and O–H groups in total. The molecule has 6 heterocycles. The van der Waals surface area contributed by atoms with Crippen LogP contribution < -0.4 is 26.4 Å². The van der Waals surface area contributed by atoms with E-state index in [0.29, 0.717) is 30.0 Å². The normalized spacial score (nSPS) is 18.2. The molecule has 3 aromatic heterocycles. The van der Waals surface area contributed by atoms with Crippen molar-refractivity contribution < 1.29 is 14.4 Å². The van der Waals surface area contributed by atoms with Crippen LogP contribution in [0, 0.1) is 6.92 Å². The molecule has 0 radical (unpaired) electrons. The topological polar surface area (TPSA) is 161 Å². The number of H-pyrrole nitrogens is 1. The van der Waals surface area contributed by atoms with Crippen molar-refractivity contribution in [3.05, 3.63) is 105 Å². The molecule has 3 fully saturated rings. The summed E-state index contributed by atoms with van der Waals surface area (Å²) < 4.78 is 1.94. The van der Waals surface area contributed by atoms with Gasteiger partial charge < -0.3 is 20.5 Å². The van der Waals surface area contributed by atoms with Gasteiger partial charge in [0.1, 0.15) is 11.9 Å². The summed E-state index contributed by atoms with van der Waals surface area (Å²) in [7, 11) is 0. The van der Waals surface area contributed by atoms with E-state index in [-0.39, 0.29) is 41.9 Å². The van der Waals surface area contributed by atoms with Crippen molar-refractivity contribution in [3.8, 4) is 11.1 Å². The molecular weight excluding hydrogens is 769 g/mol. The third-order valence-electron chi connectivity index (χ3n) is 12.5. The van der Waals surface area contributed by atoms with E-state index in [0.717, 1.165) is 116 Å². The van der Waals surface area contributed by atoms with E-state index >= 15 is 0 Å². The standard InChI is InChI=1S/C47H58N10O4/c1-5-6-33-23-31(4)51-46(60)39(33)27-49-45(59)38-24-35(25-42-40(38)28-50-57(42)30(2)3)34-9-13-43(48-26-34)56-21-19-55(20-22-56)37-15-17-54(18-16-37)29-32-7-10-36(11-8-32)52-41-12-14-44(58)53-47(41)61/h7-11,13,23-26,28,30,37,41,52H,5-6,12,14-22,27,29H2,1-4H3,(H,49,59)(H,51,60)(H,53,58,61). The van der Waals surface area contributed by atoms with Gasteiger partial charge in [-0.15, -0.1) is 0 Å². The van der Waals surface area contributed by atoms with Crippen LogP contribution in [0.15, 0.2) is 71.8 Å². The van der Waals surface area contributed by atoms with Gasteiger partial charge in [0.25, 0.3) is 11.5 Å². The number of carbonyl (C=O) groups is 3. The van der Waals surface area contributed by atoms with Crippen LogP contribution in [0.2, 0.25) is 0 Å². The van der Waals surface area contributed by atoms with Gasteiger partial charge in [0.05, 0.1) is 17.3 Å². The summed E-state index contributed by atoms with van der Waals surface area (Å²) in [5.41, 5.74) is 7.54. The Balaban J connectivity index is 0.859. The minimum absolute atomic E-state index is 0.0976. The van der Waals surface area contributed by atoms with Crippen LogP contribution in [-0.4, -0.2) is 98.6 Å². The Bertz CT molecular complexity index is 2420. The number of piperidine rings is 2. The molecule has 3 amide bonds. The first-order valence-electron chi connectivity index (χ1n) is 21.9. The summed E-state index contributed by atoms with van der Waals surface area (Å²) in [6.45, 7) is 15.1. The molecule has 3 saturated heterocycles. The van der Waals surface area contributed by atoms with E-state index in [2.05, 4.69) is 91.8 Å². The number of carbonyl (C=O) groups excluding carboxylic acids is 3. The van der Waals surface area contributed by atoms with Crippen LogP contribution in [0.25, 0.3) is 22.0 Å². The van der Waals surface area contributed by atoms with Crippen LogP contribution in [0.3, 0.4) is 0 Å². The number of amides is 3. The predicted octanol–water partition coefficient (Wildman–Crippen LogP) is 5.56. The van der Waals surface area contributed by atoms with Crippen LogP contribution in [-0.2, 0) is 29.1 Å². The number of aromatic nitrogens is 4. The second kappa shape index (κ2) is 18.4. The third-order valence-corrected chi connectivity index (χ3v) is 12.5. The fourth-order valence-corrected chi connectivity index (χ4v) is 9.15. The number of aromatic amines is 1. The van der Waals surface area contributed by atoms with Crippen molar-refractivity contribution in [2.45, 2.75) is 97.4 Å². The van der Waals surface area contributed by atoms with Gasteiger partial charge in [0.15, 0.2) is 0 Å². The Labute approximate surface area is 357 Å². The molecule has 3 aliphatic heterocycles. The number of piperazine rings is 1. The number of nitrogens with one attached hydrogen (secondary N) is 4. The van der Waals surface area contributed by atoms with Crippen molar-refractivity contribution in [2.24, 2.45) is 0 Å². The summed E-state index contributed by atoms with van der Waals surface area (Å²) in [4.78, 5) is 65.8. The lowest BCUT2D eigenvalue weighted by Gasteiger charge is -2.43. The average Bonchev–Trinajstić information content (AvgIpc) is 3.70. The number of pyridine rings is 2. The first-order chi connectivity index (χ1) is 29.5. The zero-order valence-corrected chi connectivity index (χ0v) is 35.8. The number of imide groups is 1. The molecule has 0 aliphatic carbocycles. The van der Waals surface area contributed by atoms with Gasteiger partial charge >= 0.3 is 0 Å². The van der Waals surface area contributed by atoms with Crippen LogP contribution in [0.1, 0.15) is 91.7 Å². The van der Waals surface area contributed by atoms with Crippen molar-refractivity contribution in [1.29, 1.82) is 0 Å². The highest BCUT2D eigenvalue weighted by atomic mass is 16.2. The summed E-state index contributed by atoms with van der Waals surface area (Å²) in [6, 6.07) is 18.8. The van der Waals surface area contributed by atoms with E-state index in [4.69, 9.17) is 4.98 Å². The Morgan fingerprint density at radius 3 is 2.36 bits per heavy atom. The van der Waals surface area contributed by atoms with Crippen molar-refractivity contribution in [2.75, 3.05) is 49.5 Å². The maximum Gasteiger partial charge on any atom is 0.253 e. The molecule has 5 aromatic rings. The second-order valence-corrected chi connectivity index (χ2v) is 17.1. The zero-order chi connectivity index (χ0) is 42.6. The van der Waals surface area contributed by atoms with E-state index in [1.54, 1.807) is 6.20 Å². The summed E-state index contributed by atoms with van der Waals surface area (Å²) in [6.07, 6.45) is 8.50. The van der Waals surface area contributed by atoms with Crippen LogP contribution in [0.4, 0.5) is 11.5 Å². The molecule has 3 aliphatic rings. The molecular formula is C47H58N10O4. The minimum Gasteiger partial charge on any atom is -0.374 e. The highest BCUT2D eigenvalue weighted by Gasteiger charge is 2.29. The number of hydrogen-bond donors (Lipinski definition) is 4. The Morgan fingerprint density at radius 1 is 0.902 bits per heavy atom. The Morgan fingerprint density at radius 2 is 1.67 bits per heavy atom. The van der Waals surface area contributed by atoms with Gasteiger partial charge in [-0.1, -0.05) is 25.5 Å². The number of likely N-dealkylation sites (tertiary alicyclic amines) is 1. The molecule has 14 nitrogen and oxygen atoms in total. The average molecular weight is 827 g/mol.